The molecule has 0 saturated carbocycles. The molecule has 1 N–H and O–H groups in total. The van der Waals surface area contributed by atoms with Gasteiger partial charge < -0.3 is 10.1 Å². The fraction of sp³-hybridized carbons (Fsp3) is 0.185. The Balaban J connectivity index is 1.25. The van der Waals surface area contributed by atoms with Crippen molar-refractivity contribution in [2.24, 2.45) is 0 Å². The number of carbonyl (C=O) groups excluding carboxylic acids is 1. The molecule has 4 aromatic rings. The molecule has 168 valence electrons. The zero-order chi connectivity index (χ0) is 23.0. The van der Waals surface area contributed by atoms with Gasteiger partial charge in [-0.1, -0.05) is 54.9 Å². The molecule has 0 aliphatic rings. The molecule has 0 unspecified atom stereocenters. The van der Waals surface area contributed by atoms with Gasteiger partial charge in [-0.15, -0.1) is 11.3 Å². The number of nitrogens with one attached hydrogen (secondary N) is 1. The summed E-state index contributed by atoms with van der Waals surface area (Å²) in [7, 11) is 0. The number of rotatable bonds is 9. The monoisotopic (exact) mass is 476 g/mol. The van der Waals surface area contributed by atoms with E-state index in [0.29, 0.717) is 24.5 Å². The number of aromatic nitrogens is 1. The summed E-state index contributed by atoms with van der Waals surface area (Å²) in [6.07, 6.45) is 2.08. The first kappa shape index (κ1) is 23.0. The second-order valence-corrected chi connectivity index (χ2v) is 8.91. The molecule has 0 atom stereocenters. The highest BCUT2D eigenvalue weighted by Crippen LogP contribution is 2.30. The molecule has 33 heavy (non-hydrogen) atoms. The van der Waals surface area contributed by atoms with E-state index >= 15 is 0 Å². The molecule has 1 heterocycles. The minimum absolute atomic E-state index is 0.0219. The van der Waals surface area contributed by atoms with Gasteiger partial charge in [0.2, 0.25) is 5.91 Å². The number of hydrogen-bond donors (Lipinski definition) is 1. The van der Waals surface area contributed by atoms with Crippen LogP contribution >= 0.6 is 22.9 Å². The summed E-state index contributed by atoms with van der Waals surface area (Å²) < 4.78 is 5.72. The van der Waals surface area contributed by atoms with Gasteiger partial charge in [-0.2, -0.15) is 0 Å². The van der Waals surface area contributed by atoms with E-state index in [1.54, 1.807) is 11.3 Å². The molecule has 0 saturated heterocycles. The van der Waals surface area contributed by atoms with Gasteiger partial charge in [-0.3, -0.25) is 4.79 Å². The van der Waals surface area contributed by atoms with Crippen LogP contribution in [0.4, 0.5) is 5.69 Å². The van der Waals surface area contributed by atoms with Crippen LogP contribution in [0.5, 0.6) is 5.75 Å². The van der Waals surface area contributed by atoms with Gasteiger partial charge in [0.05, 0.1) is 12.3 Å². The SMILES string of the molecule is CCc1ccc(OCCCC(=O)Nc2ccc(-c3csc(-c4ccc(Cl)cc4)n3)cc2)cc1. The first-order chi connectivity index (χ1) is 16.1. The third-order valence-corrected chi connectivity index (χ3v) is 6.35. The summed E-state index contributed by atoms with van der Waals surface area (Å²) >= 11 is 7.56. The lowest BCUT2D eigenvalue weighted by Crippen LogP contribution is -2.12. The van der Waals surface area contributed by atoms with Crippen molar-refractivity contribution in [2.75, 3.05) is 11.9 Å². The van der Waals surface area contributed by atoms with E-state index in [1.807, 2.05) is 66.0 Å². The highest BCUT2D eigenvalue weighted by Gasteiger charge is 2.08. The van der Waals surface area contributed by atoms with E-state index < -0.39 is 0 Å². The van der Waals surface area contributed by atoms with Crippen LogP contribution in [0.25, 0.3) is 21.8 Å². The molecule has 0 aliphatic heterocycles. The van der Waals surface area contributed by atoms with Crippen molar-refractivity contribution in [3.05, 3.63) is 88.8 Å². The summed E-state index contributed by atoms with van der Waals surface area (Å²) in [6.45, 7) is 2.64. The molecule has 1 amide bonds. The van der Waals surface area contributed by atoms with Crippen molar-refractivity contribution in [1.29, 1.82) is 0 Å². The Morgan fingerprint density at radius 1 is 0.970 bits per heavy atom. The van der Waals surface area contributed by atoms with Gasteiger partial charge in [0.1, 0.15) is 10.8 Å². The maximum atomic E-state index is 12.3. The molecule has 0 fully saturated rings. The van der Waals surface area contributed by atoms with E-state index in [2.05, 4.69) is 24.4 Å². The highest BCUT2D eigenvalue weighted by atomic mass is 35.5. The minimum Gasteiger partial charge on any atom is -0.494 e. The third-order valence-electron chi connectivity index (χ3n) is 5.21. The Labute approximate surface area is 203 Å². The predicted octanol–water partition coefficient (Wildman–Crippen LogP) is 7.49. The second kappa shape index (κ2) is 11.1. The Kier molecular flexibility index (Phi) is 7.76. The molecule has 0 aliphatic carbocycles. The van der Waals surface area contributed by atoms with Crippen LogP contribution in [0.1, 0.15) is 25.3 Å². The fourth-order valence-corrected chi connectivity index (χ4v) is 4.28. The largest absolute Gasteiger partial charge is 0.494 e. The zero-order valence-corrected chi connectivity index (χ0v) is 20.0. The lowest BCUT2D eigenvalue weighted by molar-refractivity contribution is -0.116. The summed E-state index contributed by atoms with van der Waals surface area (Å²) in [5, 5.41) is 6.64. The molecule has 4 rings (SSSR count). The van der Waals surface area contributed by atoms with Crippen molar-refractivity contribution in [3.8, 4) is 27.6 Å². The van der Waals surface area contributed by atoms with Crippen LogP contribution < -0.4 is 10.1 Å². The average molecular weight is 477 g/mol. The Hall–Kier alpha value is -3.15. The maximum Gasteiger partial charge on any atom is 0.224 e. The van der Waals surface area contributed by atoms with E-state index in [-0.39, 0.29) is 5.91 Å². The summed E-state index contributed by atoms with van der Waals surface area (Å²) in [4.78, 5) is 17.0. The lowest BCUT2D eigenvalue weighted by Gasteiger charge is -2.08. The quantitative estimate of drug-likeness (QED) is 0.254. The number of ether oxygens (including phenoxy) is 1. The Bertz CT molecular complexity index is 1190. The van der Waals surface area contributed by atoms with Gasteiger partial charge in [0.25, 0.3) is 0 Å². The van der Waals surface area contributed by atoms with Crippen LogP contribution in [0, 0.1) is 0 Å². The predicted molar refractivity (Wildman–Crippen MR) is 137 cm³/mol. The van der Waals surface area contributed by atoms with Crippen molar-refractivity contribution in [2.45, 2.75) is 26.2 Å². The number of benzene rings is 3. The fourth-order valence-electron chi connectivity index (χ4n) is 3.32. The number of hydrogen-bond acceptors (Lipinski definition) is 4. The summed E-state index contributed by atoms with van der Waals surface area (Å²) in [5.74, 6) is 0.816. The summed E-state index contributed by atoms with van der Waals surface area (Å²) in [6, 6.07) is 23.5. The average Bonchev–Trinajstić information content (AvgIpc) is 3.33. The third kappa shape index (κ3) is 6.44. The van der Waals surface area contributed by atoms with Gasteiger partial charge in [-0.25, -0.2) is 4.98 Å². The highest BCUT2D eigenvalue weighted by molar-refractivity contribution is 7.13. The topological polar surface area (TPSA) is 51.2 Å². The number of aryl methyl sites for hydroxylation is 1. The van der Waals surface area contributed by atoms with Crippen LogP contribution in [0.15, 0.2) is 78.2 Å². The molecular weight excluding hydrogens is 452 g/mol. The number of thiazole rings is 1. The van der Waals surface area contributed by atoms with Crippen LogP contribution in [0.2, 0.25) is 5.02 Å². The molecule has 6 heteroatoms. The number of nitrogens with zero attached hydrogens (tertiary/aromatic N) is 1. The molecule has 0 spiro atoms. The normalized spacial score (nSPS) is 10.7. The van der Waals surface area contributed by atoms with E-state index in [1.165, 1.54) is 5.56 Å². The molecule has 0 bridgehead atoms. The number of anilines is 1. The van der Waals surface area contributed by atoms with E-state index in [4.69, 9.17) is 21.3 Å². The number of amides is 1. The van der Waals surface area contributed by atoms with Gasteiger partial charge in [0.15, 0.2) is 0 Å². The molecular formula is C27H25ClN2O2S. The lowest BCUT2D eigenvalue weighted by atomic mass is 10.1. The minimum atomic E-state index is -0.0219. The van der Waals surface area contributed by atoms with Crippen LogP contribution in [0.3, 0.4) is 0 Å². The molecule has 4 nitrogen and oxygen atoms in total. The van der Waals surface area contributed by atoms with Crippen molar-refractivity contribution >= 4 is 34.5 Å². The first-order valence-corrected chi connectivity index (χ1v) is 12.2. The Morgan fingerprint density at radius 3 is 2.36 bits per heavy atom. The number of halogens is 1. The van der Waals surface area contributed by atoms with Crippen LogP contribution in [-0.4, -0.2) is 17.5 Å². The van der Waals surface area contributed by atoms with E-state index in [9.17, 15) is 4.79 Å². The van der Waals surface area contributed by atoms with E-state index in [0.717, 1.165) is 39.7 Å². The van der Waals surface area contributed by atoms with Gasteiger partial charge >= 0.3 is 0 Å². The van der Waals surface area contributed by atoms with Crippen molar-refractivity contribution in [3.63, 3.8) is 0 Å². The molecule has 3 aromatic carbocycles. The zero-order valence-electron chi connectivity index (χ0n) is 18.4. The summed E-state index contributed by atoms with van der Waals surface area (Å²) in [5.41, 5.74) is 5.01. The van der Waals surface area contributed by atoms with Crippen LogP contribution in [-0.2, 0) is 11.2 Å². The van der Waals surface area contributed by atoms with Crippen molar-refractivity contribution < 1.29 is 9.53 Å². The maximum absolute atomic E-state index is 12.3. The number of carbonyl (C=O) groups is 1. The smallest absolute Gasteiger partial charge is 0.224 e. The van der Waals surface area contributed by atoms with Gasteiger partial charge in [0, 0.05) is 33.6 Å². The molecule has 0 radical (unpaired) electrons. The Morgan fingerprint density at radius 2 is 1.67 bits per heavy atom. The standard InChI is InChI=1S/C27H25ClN2O2S/c1-2-19-5-15-24(16-6-19)32-17-3-4-26(31)29-23-13-9-20(10-14-23)25-18-33-27(30-25)21-7-11-22(28)12-8-21/h5-16,18H,2-4,17H2,1H3,(H,29,31). The first-order valence-electron chi connectivity index (χ1n) is 10.9. The second-order valence-electron chi connectivity index (χ2n) is 7.62. The molecule has 1 aromatic heterocycles. The van der Waals surface area contributed by atoms with Gasteiger partial charge in [-0.05, 0) is 54.8 Å². The van der Waals surface area contributed by atoms with Crippen molar-refractivity contribution in [1.82, 2.24) is 4.98 Å².